The molecule has 1 aliphatic rings. The van der Waals surface area contributed by atoms with Crippen molar-refractivity contribution in [2.24, 2.45) is 5.92 Å². The number of nitrogens with zero attached hydrogens (tertiary/aromatic N) is 2. The van der Waals surface area contributed by atoms with Crippen molar-refractivity contribution < 1.29 is 4.79 Å². The first kappa shape index (κ1) is 14.8. The summed E-state index contributed by atoms with van der Waals surface area (Å²) in [4.78, 5) is 23.4. The maximum atomic E-state index is 11.8. The van der Waals surface area contributed by atoms with Gasteiger partial charge in [0.25, 0.3) is 5.56 Å². The van der Waals surface area contributed by atoms with E-state index in [1.807, 2.05) is 12.1 Å². The number of amides is 1. The molecule has 1 saturated carbocycles. The third-order valence-electron chi connectivity index (χ3n) is 3.58. The molecular formula is C16H16ClN3O2. The van der Waals surface area contributed by atoms with Gasteiger partial charge >= 0.3 is 0 Å². The van der Waals surface area contributed by atoms with E-state index in [0.29, 0.717) is 23.8 Å². The minimum Gasteiger partial charge on any atom is -0.354 e. The van der Waals surface area contributed by atoms with E-state index in [1.54, 1.807) is 18.2 Å². The molecule has 1 aliphatic carbocycles. The first-order chi connectivity index (χ1) is 10.6. The van der Waals surface area contributed by atoms with E-state index in [-0.39, 0.29) is 17.4 Å². The topological polar surface area (TPSA) is 64.0 Å². The Bertz CT molecular complexity index is 736. The highest BCUT2D eigenvalue weighted by Crippen LogP contribution is 2.28. The van der Waals surface area contributed by atoms with Crippen LogP contribution in [0.1, 0.15) is 12.8 Å². The number of rotatable bonds is 5. The smallest absolute Gasteiger partial charge is 0.266 e. The number of hydrogen-bond donors (Lipinski definition) is 1. The van der Waals surface area contributed by atoms with Gasteiger partial charge in [-0.1, -0.05) is 23.7 Å². The normalized spacial score (nSPS) is 13.9. The Hall–Kier alpha value is -2.14. The molecule has 5 nitrogen and oxygen atoms in total. The highest BCUT2D eigenvalue weighted by Gasteiger charge is 2.29. The highest BCUT2D eigenvalue weighted by atomic mass is 35.5. The fraction of sp³-hybridized carbons (Fsp3) is 0.312. The summed E-state index contributed by atoms with van der Waals surface area (Å²) in [7, 11) is 0. The van der Waals surface area contributed by atoms with Crippen molar-refractivity contribution in [2.45, 2.75) is 19.4 Å². The summed E-state index contributed by atoms with van der Waals surface area (Å²) in [5.41, 5.74) is 1.41. The number of carbonyl (C=O) groups excluding carboxylic acids is 1. The van der Waals surface area contributed by atoms with Crippen LogP contribution >= 0.6 is 11.6 Å². The van der Waals surface area contributed by atoms with Crippen LogP contribution in [0.15, 0.2) is 41.2 Å². The van der Waals surface area contributed by atoms with Gasteiger partial charge in [0.1, 0.15) is 0 Å². The molecule has 1 fully saturated rings. The lowest BCUT2D eigenvalue weighted by Crippen LogP contribution is -2.32. The molecule has 1 N–H and O–H groups in total. The molecule has 114 valence electrons. The number of benzene rings is 1. The van der Waals surface area contributed by atoms with Crippen molar-refractivity contribution in [3.8, 4) is 11.3 Å². The summed E-state index contributed by atoms with van der Waals surface area (Å²) >= 11 is 5.87. The SMILES string of the molecule is O=C(NCCn1nc(-c2ccc(Cl)cc2)ccc1=O)C1CC1. The van der Waals surface area contributed by atoms with Crippen LogP contribution in [0.5, 0.6) is 0 Å². The zero-order chi connectivity index (χ0) is 15.5. The van der Waals surface area contributed by atoms with Gasteiger partial charge in [0.2, 0.25) is 5.91 Å². The Labute approximate surface area is 132 Å². The molecule has 1 amide bonds. The van der Waals surface area contributed by atoms with E-state index >= 15 is 0 Å². The largest absolute Gasteiger partial charge is 0.354 e. The van der Waals surface area contributed by atoms with Gasteiger partial charge in [-0.2, -0.15) is 5.10 Å². The van der Waals surface area contributed by atoms with Crippen molar-refractivity contribution in [1.82, 2.24) is 15.1 Å². The summed E-state index contributed by atoms with van der Waals surface area (Å²) < 4.78 is 1.37. The Morgan fingerprint density at radius 3 is 2.64 bits per heavy atom. The third-order valence-corrected chi connectivity index (χ3v) is 3.83. The van der Waals surface area contributed by atoms with E-state index in [0.717, 1.165) is 18.4 Å². The number of carbonyl (C=O) groups is 1. The van der Waals surface area contributed by atoms with Gasteiger partial charge in [-0.15, -0.1) is 0 Å². The van der Waals surface area contributed by atoms with Crippen LogP contribution in [0.4, 0.5) is 0 Å². The number of nitrogens with one attached hydrogen (secondary N) is 1. The van der Waals surface area contributed by atoms with Gasteiger partial charge in [0.05, 0.1) is 12.2 Å². The van der Waals surface area contributed by atoms with Crippen molar-refractivity contribution in [2.75, 3.05) is 6.54 Å². The van der Waals surface area contributed by atoms with Crippen LogP contribution in [-0.4, -0.2) is 22.2 Å². The Balaban J connectivity index is 1.70. The van der Waals surface area contributed by atoms with Crippen LogP contribution in [-0.2, 0) is 11.3 Å². The maximum Gasteiger partial charge on any atom is 0.266 e. The predicted octanol–water partition coefficient (Wildman–Crippen LogP) is 2.09. The second kappa shape index (κ2) is 6.32. The number of hydrogen-bond acceptors (Lipinski definition) is 3. The third kappa shape index (κ3) is 3.54. The van der Waals surface area contributed by atoms with E-state index in [9.17, 15) is 9.59 Å². The molecule has 0 aliphatic heterocycles. The van der Waals surface area contributed by atoms with Crippen LogP contribution < -0.4 is 10.9 Å². The number of aromatic nitrogens is 2. The molecule has 6 heteroatoms. The van der Waals surface area contributed by atoms with E-state index in [4.69, 9.17) is 11.6 Å². The Kier molecular flexibility index (Phi) is 4.24. The summed E-state index contributed by atoms with van der Waals surface area (Å²) in [6.45, 7) is 0.769. The predicted molar refractivity (Wildman–Crippen MR) is 84.7 cm³/mol. The molecule has 0 spiro atoms. The zero-order valence-corrected chi connectivity index (χ0v) is 12.7. The fourth-order valence-electron chi connectivity index (χ4n) is 2.16. The fourth-order valence-corrected chi connectivity index (χ4v) is 2.28. The van der Waals surface area contributed by atoms with Gasteiger partial charge in [-0.3, -0.25) is 9.59 Å². The lowest BCUT2D eigenvalue weighted by Gasteiger charge is -2.08. The van der Waals surface area contributed by atoms with Crippen molar-refractivity contribution in [1.29, 1.82) is 0 Å². The quantitative estimate of drug-likeness (QED) is 0.918. The lowest BCUT2D eigenvalue weighted by atomic mass is 10.1. The standard InChI is InChI=1S/C16H16ClN3O2/c17-13-5-3-11(4-6-13)14-7-8-15(21)20(19-14)10-9-18-16(22)12-1-2-12/h3-8,12H,1-2,9-10H2,(H,18,22). The van der Waals surface area contributed by atoms with Gasteiger partial charge < -0.3 is 5.32 Å². The summed E-state index contributed by atoms with van der Waals surface area (Å²) in [5, 5.41) is 7.82. The van der Waals surface area contributed by atoms with Crippen LogP contribution in [0, 0.1) is 5.92 Å². The lowest BCUT2D eigenvalue weighted by molar-refractivity contribution is -0.122. The van der Waals surface area contributed by atoms with Crippen molar-refractivity contribution in [3.63, 3.8) is 0 Å². The monoisotopic (exact) mass is 317 g/mol. The van der Waals surface area contributed by atoms with Gasteiger partial charge in [0.15, 0.2) is 0 Å². The molecule has 0 atom stereocenters. The molecule has 0 radical (unpaired) electrons. The molecule has 0 unspecified atom stereocenters. The van der Waals surface area contributed by atoms with Gasteiger partial charge in [-0.05, 0) is 31.0 Å². The molecule has 1 aromatic carbocycles. The molecular weight excluding hydrogens is 302 g/mol. The first-order valence-electron chi connectivity index (χ1n) is 7.25. The van der Waals surface area contributed by atoms with E-state index in [2.05, 4.69) is 10.4 Å². The molecule has 0 saturated heterocycles. The first-order valence-corrected chi connectivity index (χ1v) is 7.63. The van der Waals surface area contributed by atoms with Crippen LogP contribution in [0.3, 0.4) is 0 Å². The molecule has 0 bridgehead atoms. The molecule has 1 heterocycles. The average Bonchev–Trinajstić information content (AvgIpc) is 3.35. The highest BCUT2D eigenvalue weighted by molar-refractivity contribution is 6.30. The minimum absolute atomic E-state index is 0.0712. The second-order valence-corrected chi connectivity index (χ2v) is 5.79. The van der Waals surface area contributed by atoms with Crippen LogP contribution in [0.2, 0.25) is 5.02 Å². The Morgan fingerprint density at radius 2 is 1.95 bits per heavy atom. The Morgan fingerprint density at radius 1 is 1.23 bits per heavy atom. The average molecular weight is 318 g/mol. The zero-order valence-electron chi connectivity index (χ0n) is 12.0. The molecule has 1 aromatic heterocycles. The van der Waals surface area contributed by atoms with Crippen LogP contribution in [0.25, 0.3) is 11.3 Å². The summed E-state index contributed by atoms with van der Waals surface area (Å²) in [5.74, 6) is 0.243. The molecule has 2 aromatic rings. The molecule has 22 heavy (non-hydrogen) atoms. The second-order valence-electron chi connectivity index (χ2n) is 5.35. The molecule has 3 rings (SSSR count). The summed E-state index contributed by atoms with van der Waals surface area (Å²) in [6.07, 6.45) is 1.94. The minimum atomic E-state index is -0.182. The number of halogens is 1. The van der Waals surface area contributed by atoms with Crippen molar-refractivity contribution in [3.05, 3.63) is 51.8 Å². The van der Waals surface area contributed by atoms with E-state index in [1.165, 1.54) is 10.7 Å². The van der Waals surface area contributed by atoms with Gasteiger partial charge in [-0.25, -0.2) is 4.68 Å². The van der Waals surface area contributed by atoms with E-state index < -0.39 is 0 Å². The maximum absolute atomic E-state index is 11.8. The summed E-state index contributed by atoms with van der Waals surface area (Å²) in [6, 6.07) is 10.4. The van der Waals surface area contributed by atoms with Crippen molar-refractivity contribution >= 4 is 17.5 Å². The van der Waals surface area contributed by atoms with Gasteiger partial charge in [0, 0.05) is 29.1 Å².